The number of rotatable bonds is 2. The molecule has 3 nitrogen and oxygen atoms in total. The normalized spacial score (nSPS) is 11.0. The number of hydrogen-bond acceptors (Lipinski definition) is 3. The Labute approximate surface area is 132 Å². The maximum Gasteiger partial charge on any atom is 0.519 e. The molecule has 0 aliphatic carbocycles. The molecular formula is C20H14O3. The lowest BCUT2D eigenvalue weighted by molar-refractivity contribution is 0.410. The molecule has 4 aromatic rings. The van der Waals surface area contributed by atoms with E-state index in [1.165, 1.54) is 5.56 Å². The molecular weight excluding hydrogens is 288 g/mol. The van der Waals surface area contributed by atoms with Crippen LogP contribution in [-0.4, -0.2) is 0 Å². The van der Waals surface area contributed by atoms with Crippen molar-refractivity contribution in [2.24, 2.45) is 0 Å². The van der Waals surface area contributed by atoms with Crippen molar-refractivity contribution in [3.63, 3.8) is 0 Å². The van der Waals surface area contributed by atoms with Crippen LogP contribution in [0.1, 0.15) is 5.56 Å². The summed E-state index contributed by atoms with van der Waals surface area (Å²) in [4.78, 5) is 11.7. The predicted molar refractivity (Wildman–Crippen MR) is 90.4 cm³/mol. The van der Waals surface area contributed by atoms with Gasteiger partial charge in [0.2, 0.25) is 0 Å². The molecule has 3 heteroatoms. The molecule has 0 saturated carbocycles. The summed E-state index contributed by atoms with van der Waals surface area (Å²) in [5, 5.41) is 0. The van der Waals surface area contributed by atoms with Gasteiger partial charge in [0.05, 0.1) is 0 Å². The monoisotopic (exact) mass is 302 g/mol. The summed E-state index contributed by atoms with van der Waals surface area (Å²) in [6, 6.07) is 21.8. The van der Waals surface area contributed by atoms with Gasteiger partial charge in [-0.25, -0.2) is 4.79 Å². The van der Waals surface area contributed by atoms with Gasteiger partial charge < -0.3 is 8.83 Å². The Bertz CT molecular complexity index is 1020. The first-order chi connectivity index (χ1) is 11.2. The zero-order valence-corrected chi connectivity index (χ0v) is 12.6. The van der Waals surface area contributed by atoms with Gasteiger partial charge in [0.15, 0.2) is 11.2 Å². The molecule has 0 saturated heterocycles. The number of fused-ring (bicyclic) bond motifs is 1. The molecule has 0 amide bonds. The van der Waals surface area contributed by atoms with E-state index in [2.05, 4.69) is 0 Å². The molecule has 4 rings (SSSR count). The van der Waals surface area contributed by atoms with Crippen LogP contribution in [0.2, 0.25) is 0 Å². The van der Waals surface area contributed by atoms with E-state index in [1.54, 1.807) is 0 Å². The van der Waals surface area contributed by atoms with E-state index in [-0.39, 0.29) is 0 Å². The molecule has 0 bridgehead atoms. The second kappa shape index (κ2) is 5.29. The average Bonchev–Trinajstić information content (AvgIpc) is 2.97. The van der Waals surface area contributed by atoms with Crippen LogP contribution in [-0.2, 0) is 0 Å². The summed E-state index contributed by atoms with van der Waals surface area (Å²) in [5.41, 5.74) is 5.83. The van der Waals surface area contributed by atoms with Crippen LogP contribution in [0.15, 0.2) is 80.4 Å². The first-order valence-corrected chi connectivity index (χ1v) is 7.41. The van der Waals surface area contributed by atoms with E-state index in [9.17, 15) is 4.79 Å². The van der Waals surface area contributed by atoms with Crippen molar-refractivity contribution in [3.8, 4) is 22.3 Å². The zero-order valence-electron chi connectivity index (χ0n) is 12.6. The quantitative estimate of drug-likeness (QED) is 0.521. The van der Waals surface area contributed by atoms with Gasteiger partial charge in [0.1, 0.15) is 0 Å². The fraction of sp³-hybridized carbons (Fsp3) is 0.0500. The molecule has 0 aliphatic heterocycles. The Balaban J connectivity index is 1.99. The second-order valence-electron chi connectivity index (χ2n) is 5.51. The minimum atomic E-state index is -0.684. The van der Waals surface area contributed by atoms with Crippen molar-refractivity contribution in [2.45, 2.75) is 6.92 Å². The predicted octanol–water partition coefficient (Wildman–Crippen LogP) is 5.03. The van der Waals surface area contributed by atoms with Gasteiger partial charge in [-0.05, 0) is 30.2 Å². The van der Waals surface area contributed by atoms with E-state index in [0.29, 0.717) is 11.2 Å². The molecule has 1 heterocycles. The largest absolute Gasteiger partial charge is 0.519 e. The third-order valence-corrected chi connectivity index (χ3v) is 3.93. The Morgan fingerprint density at radius 3 is 1.74 bits per heavy atom. The van der Waals surface area contributed by atoms with Gasteiger partial charge >= 0.3 is 5.82 Å². The summed E-state index contributed by atoms with van der Waals surface area (Å²) in [6.45, 7) is 2.04. The highest BCUT2D eigenvalue weighted by Crippen LogP contribution is 2.35. The van der Waals surface area contributed by atoms with Gasteiger partial charge in [-0.2, -0.15) is 0 Å². The maximum atomic E-state index is 11.7. The highest BCUT2D eigenvalue weighted by atomic mass is 16.6. The molecule has 0 fully saturated rings. The van der Waals surface area contributed by atoms with Crippen molar-refractivity contribution in [1.82, 2.24) is 0 Å². The summed E-state index contributed by atoms with van der Waals surface area (Å²) >= 11 is 0. The minimum Gasteiger partial charge on any atom is -0.390 e. The molecule has 23 heavy (non-hydrogen) atoms. The Morgan fingerprint density at radius 1 is 0.652 bits per heavy atom. The lowest BCUT2D eigenvalue weighted by atomic mass is 9.98. The van der Waals surface area contributed by atoms with Crippen LogP contribution >= 0.6 is 0 Å². The van der Waals surface area contributed by atoms with Crippen LogP contribution < -0.4 is 5.82 Å². The zero-order chi connectivity index (χ0) is 15.8. The average molecular weight is 302 g/mol. The van der Waals surface area contributed by atoms with Crippen molar-refractivity contribution in [2.75, 3.05) is 0 Å². The molecule has 0 spiro atoms. The lowest BCUT2D eigenvalue weighted by Crippen LogP contribution is -1.84. The molecule has 112 valence electrons. The molecule has 3 aromatic carbocycles. The van der Waals surface area contributed by atoms with Gasteiger partial charge in [0, 0.05) is 11.1 Å². The summed E-state index contributed by atoms with van der Waals surface area (Å²) in [6.07, 6.45) is 0. The van der Waals surface area contributed by atoms with E-state index >= 15 is 0 Å². The van der Waals surface area contributed by atoms with Crippen molar-refractivity contribution in [1.29, 1.82) is 0 Å². The van der Waals surface area contributed by atoms with Gasteiger partial charge in [-0.3, -0.25) is 0 Å². The van der Waals surface area contributed by atoms with Crippen LogP contribution in [0.4, 0.5) is 0 Å². The van der Waals surface area contributed by atoms with Crippen molar-refractivity contribution >= 4 is 11.2 Å². The standard InChI is InChI=1S/C20H14O3/c1-13-7-9-15(10-8-13)17-12-11-16(14-5-3-2-4-6-14)18-19(17)23-20(21)22-18/h2-12H,1H3. The maximum absolute atomic E-state index is 11.7. The Kier molecular flexibility index (Phi) is 3.12. The number of hydrogen-bond donors (Lipinski definition) is 0. The Hall–Kier alpha value is -3.07. The van der Waals surface area contributed by atoms with Crippen molar-refractivity contribution in [3.05, 3.63) is 82.9 Å². The van der Waals surface area contributed by atoms with Crippen LogP contribution in [0.3, 0.4) is 0 Å². The van der Waals surface area contributed by atoms with Gasteiger partial charge in [0.25, 0.3) is 0 Å². The number of aryl methyl sites for hydroxylation is 1. The van der Waals surface area contributed by atoms with E-state index < -0.39 is 5.82 Å². The molecule has 0 radical (unpaired) electrons. The fourth-order valence-electron chi connectivity index (χ4n) is 2.76. The number of benzene rings is 3. The first kappa shape index (κ1) is 13.6. The minimum absolute atomic E-state index is 0.485. The first-order valence-electron chi connectivity index (χ1n) is 7.41. The molecule has 0 atom stereocenters. The molecule has 0 unspecified atom stereocenters. The summed E-state index contributed by atoms with van der Waals surface area (Å²) in [5.74, 6) is -0.684. The van der Waals surface area contributed by atoms with E-state index in [4.69, 9.17) is 8.83 Å². The summed E-state index contributed by atoms with van der Waals surface area (Å²) < 4.78 is 10.6. The fourth-order valence-corrected chi connectivity index (χ4v) is 2.76. The Morgan fingerprint density at radius 2 is 1.17 bits per heavy atom. The topological polar surface area (TPSA) is 43.4 Å². The highest BCUT2D eigenvalue weighted by molar-refractivity contribution is 5.98. The van der Waals surface area contributed by atoms with Gasteiger partial charge in [-0.1, -0.05) is 60.2 Å². The third-order valence-electron chi connectivity index (χ3n) is 3.93. The SMILES string of the molecule is Cc1ccc(-c2ccc(-c3ccccc3)c3oc(=O)oc23)cc1. The van der Waals surface area contributed by atoms with E-state index in [0.717, 1.165) is 22.3 Å². The van der Waals surface area contributed by atoms with Gasteiger partial charge in [-0.15, -0.1) is 0 Å². The second-order valence-corrected chi connectivity index (χ2v) is 5.51. The summed E-state index contributed by atoms with van der Waals surface area (Å²) in [7, 11) is 0. The van der Waals surface area contributed by atoms with Crippen LogP contribution in [0.5, 0.6) is 0 Å². The highest BCUT2D eigenvalue weighted by Gasteiger charge is 2.16. The smallest absolute Gasteiger partial charge is 0.390 e. The van der Waals surface area contributed by atoms with Crippen LogP contribution in [0, 0.1) is 6.92 Å². The molecule has 0 aliphatic rings. The molecule has 1 aromatic heterocycles. The molecule has 0 N–H and O–H groups in total. The van der Waals surface area contributed by atoms with Crippen LogP contribution in [0.25, 0.3) is 33.4 Å². The van der Waals surface area contributed by atoms with E-state index in [1.807, 2.05) is 73.7 Å². The van der Waals surface area contributed by atoms with Crippen molar-refractivity contribution < 1.29 is 8.83 Å². The third kappa shape index (κ3) is 2.36. The lowest BCUT2D eigenvalue weighted by Gasteiger charge is -2.06.